The lowest BCUT2D eigenvalue weighted by molar-refractivity contribution is -0.127. The number of carbonyl (C=O) groups is 2. The fourth-order valence-corrected chi connectivity index (χ4v) is 2.82. The van der Waals surface area contributed by atoms with Gasteiger partial charge in [0.15, 0.2) is 6.10 Å². The average molecular weight is 357 g/mol. The van der Waals surface area contributed by atoms with Crippen molar-refractivity contribution in [2.75, 3.05) is 25.0 Å². The molecule has 0 saturated heterocycles. The first-order valence-corrected chi connectivity index (χ1v) is 8.31. The topological polar surface area (TPSA) is 70.7 Å². The molecule has 0 aliphatic carbocycles. The molecule has 0 fully saturated rings. The predicted molar refractivity (Wildman–Crippen MR) is 95.4 cm³/mol. The van der Waals surface area contributed by atoms with E-state index in [1.165, 1.54) is 13.1 Å². The Morgan fingerprint density at radius 3 is 2.69 bits per heavy atom. The minimum atomic E-state index is -0.700. The largest absolute Gasteiger partial charge is 0.477 e. The summed E-state index contributed by atoms with van der Waals surface area (Å²) in [7, 11) is 1.54. The van der Waals surface area contributed by atoms with Gasteiger partial charge in [0, 0.05) is 19.2 Å². The quantitative estimate of drug-likeness (QED) is 0.850. The molecule has 0 spiro atoms. The van der Waals surface area contributed by atoms with Crippen molar-refractivity contribution in [2.45, 2.75) is 12.6 Å². The maximum Gasteiger partial charge on any atom is 0.262 e. The summed E-state index contributed by atoms with van der Waals surface area (Å²) in [6.07, 6.45) is -0.700. The van der Waals surface area contributed by atoms with E-state index in [2.05, 4.69) is 10.6 Å². The van der Waals surface area contributed by atoms with Crippen molar-refractivity contribution in [1.82, 2.24) is 10.6 Å². The van der Waals surface area contributed by atoms with E-state index in [9.17, 15) is 14.0 Å². The zero-order valence-electron chi connectivity index (χ0n) is 14.4. The van der Waals surface area contributed by atoms with Crippen LogP contribution in [0, 0.1) is 5.82 Å². The molecule has 1 aliphatic heterocycles. The van der Waals surface area contributed by atoms with E-state index in [1.807, 2.05) is 18.2 Å². The van der Waals surface area contributed by atoms with Gasteiger partial charge in [-0.2, -0.15) is 0 Å². The van der Waals surface area contributed by atoms with Gasteiger partial charge in [-0.3, -0.25) is 9.59 Å². The zero-order chi connectivity index (χ0) is 18.5. The van der Waals surface area contributed by atoms with Crippen molar-refractivity contribution in [2.24, 2.45) is 0 Å². The molecule has 1 atom stereocenters. The van der Waals surface area contributed by atoms with Gasteiger partial charge in [0.2, 0.25) is 5.91 Å². The SMILES string of the molecule is CNC(=O)[C@@H]1CN(CC(=O)NCc2ccccc2F)c2ccccc2O1. The molecule has 2 aromatic carbocycles. The molecule has 0 radical (unpaired) electrons. The van der Waals surface area contributed by atoms with E-state index < -0.39 is 6.10 Å². The molecule has 6 nitrogen and oxygen atoms in total. The number of likely N-dealkylation sites (N-methyl/N-ethyl adjacent to an activating group) is 1. The van der Waals surface area contributed by atoms with Gasteiger partial charge < -0.3 is 20.3 Å². The summed E-state index contributed by atoms with van der Waals surface area (Å²) in [6, 6.07) is 13.5. The molecule has 26 heavy (non-hydrogen) atoms. The highest BCUT2D eigenvalue weighted by molar-refractivity contribution is 5.86. The number of nitrogens with zero attached hydrogens (tertiary/aromatic N) is 1. The number of ether oxygens (including phenoxy) is 1. The van der Waals surface area contributed by atoms with Crippen LogP contribution in [-0.4, -0.2) is 38.1 Å². The third kappa shape index (κ3) is 3.93. The molecule has 7 heteroatoms. The predicted octanol–water partition coefficient (Wildman–Crippen LogP) is 1.46. The van der Waals surface area contributed by atoms with Crippen molar-refractivity contribution in [3.05, 3.63) is 59.9 Å². The number of amides is 2. The first-order chi connectivity index (χ1) is 12.6. The molecule has 0 unspecified atom stereocenters. The van der Waals surface area contributed by atoms with Gasteiger partial charge >= 0.3 is 0 Å². The number of hydrogen-bond acceptors (Lipinski definition) is 4. The van der Waals surface area contributed by atoms with Crippen LogP contribution in [0.2, 0.25) is 0 Å². The third-order valence-electron chi connectivity index (χ3n) is 4.17. The van der Waals surface area contributed by atoms with Gasteiger partial charge in [-0.25, -0.2) is 4.39 Å². The van der Waals surface area contributed by atoms with Crippen molar-refractivity contribution in [3.8, 4) is 5.75 Å². The lowest BCUT2D eigenvalue weighted by Crippen LogP contribution is -2.50. The number of rotatable bonds is 5. The molecule has 1 aliphatic rings. The highest BCUT2D eigenvalue weighted by Crippen LogP contribution is 2.32. The van der Waals surface area contributed by atoms with E-state index in [0.29, 0.717) is 11.3 Å². The number of benzene rings is 2. The molecule has 2 aromatic rings. The van der Waals surface area contributed by atoms with E-state index in [0.717, 1.165) is 5.69 Å². The Morgan fingerprint density at radius 2 is 1.92 bits per heavy atom. The van der Waals surface area contributed by atoms with E-state index in [-0.39, 0.29) is 37.3 Å². The lowest BCUT2D eigenvalue weighted by Gasteiger charge is -2.35. The fourth-order valence-electron chi connectivity index (χ4n) is 2.82. The number of halogens is 1. The number of nitrogens with one attached hydrogen (secondary N) is 2. The minimum absolute atomic E-state index is 0.0440. The summed E-state index contributed by atoms with van der Waals surface area (Å²) < 4.78 is 19.4. The van der Waals surface area contributed by atoms with Gasteiger partial charge in [0.1, 0.15) is 11.6 Å². The van der Waals surface area contributed by atoms with Crippen LogP contribution >= 0.6 is 0 Å². The Hall–Kier alpha value is -3.09. The number of para-hydroxylation sites is 2. The van der Waals surface area contributed by atoms with Gasteiger partial charge in [-0.15, -0.1) is 0 Å². The van der Waals surface area contributed by atoms with Crippen LogP contribution in [0.3, 0.4) is 0 Å². The third-order valence-corrected chi connectivity index (χ3v) is 4.17. The van der Waals surface area contributed by atoms with Crippen LogP contribution in [0.5, 0.6) is 5.75 Å². The van der Waals surface area contributed by atoms with Crippen LogP contribution in [0.25, 0.3) is 0 Å². The highest BCUT2D eigenvalue weighted by Gasteiger charge is 2.30. The highest BCUT2D eigenvalue weighted by atomic mass is 19.1. The number of hydrogen-bond donors (Lipinski definition) is 2. The smallest absolute Gasteiger partial charge is 0.262 e. The summed E-state index contributed by atoms with van der Waals surface area (Å²) in [5, 5.41) is 5.27. The summed E-state index contributed by atoms with van der Waals surface area (Å²) in [4.78, 5) is 26.1. The minimum Gasteiger partial charge on any atom is -0.477 e. The Morgan fingerprint density at radius 1 is 1.19 bits per heavy atom. The van der Waals surface area contributed by atoms with Crippen molar-refractivity contribution in [3.63, 3.8) is 0 Å². The van der Waals surface area contributed by atoms with Gasteiger partial charge in [-0.1, -0.05) is 30.3 Å². The van der Waals surface area contributed by atoms with Gasteiger partial charge in [-0.05, 0) is 18.2 Å². The molecule has 2 amide bonds. The Kier molecular flexibility index (Phi) is 5.36. The van der Waals surface area contributed by atoms with Crippen molar-refractivity contribution in [1.29, 1.82) is 0 Å². The Balaban J connectivity index is 1.68. The first-order valence-electron chi connectivity index (χ1n) is 8.31. The summed E-state index contributed by atoms with van der Waals surface area (Å²) >= 11 is 0. The standard InChI is InChI=1S/C19H20FN3O3/c1-21-19(25)17-11-23(15-8-4-5-9-16(15)26-17)12-18(24)22-10-13-6-2-3-7-14(13)20/h2-9,17H,10-12H2,1H3,(H,21,25)(H,22,24)/t17-/m0/s1. The van der Waals surface area contributed by atoms with Crippen LogP contribution in [0.1, 0.15) is 5.56 Å². The summed E-state index contributed by atoms with van der Waals surface area (Å²) in [6.45, 7) is 0.405. The van der Waals surface area contributed by atoms with Crippen LogP contribution in [-0.2, 0) is 16.1 Å². The second kappa shape index (κ2) is 7.86. The average Bonchev–Trinajstić information content (AvgIpc) is 2.66. The van der Waals surface area contributed by atoms with Gasteiger partial charge in [0.25, 0.3) is 5.91 Å². The fraction of sp³-hybridized carbons (Fsp3) is 0.263. The second-order valence-corrected chi connectivity index (χ2v) is 5.94. The van der Waals surface area contributed by atoms with E-state index in [4.69, 9.17) is 4.74 Å². The molecule has 0 saturated carbocycles. The molecule has 1 heterocycles. The molecule has 0 bridgehead atoms. The van der Waals surface area contributed by atoms with E-state index in [1.54, 1.807) is 29.2 Å². The van der Waals surface area contributed by atoms with Crippen molar-refractivity contribution >= 4 is 17.5 Å². The zero-order valence-corrected chi connectivity index (χ0v) is 14.4. The second-order valence-electron chi connectivity index (χ2n) is 5.94. The molecule has 136 valence electrons. The maximum absolute atomic E-state index is 13.7. The maximum atomic E-state index is 13.7. The number of fused-ring (bicyclic) bond motifs is 1. The molecule has 3 rings (SSSR count). The molecular formula is C19H20FN3O3. The summed E-state index contributed by atoms with van der Waals surface area (Å²) in [5.74, 6) is -0.324. The first kappa shape index (κ1) is 17.7. The van der Waals surface area contributed by atoms with Crippen LogP contribution in [0.4, 0.5) is 10.1 Å². The van der Waals surface area contributed by atoms with E-state index >= 15 is 0 Å². The van der Waals surface area contributed by atoms with Crippen LogP contribution < -0.4 is 20.3 Å². The molecule has 0 aromatic heterocycles. The van der Waals surface area contributed by atoms with Crippen LogP contribution in [0.15, 0.2) is 48.5 Å². The Labute approximate surface area is 150 Å². The normalized spacial score (nSPS) is 15.6. The Bertz CT molecular complexity index is 812. The molecule has 2 N–H and O–H groups in total. The lowest BCUT2D eigenvalue weighted by atomic mass is 10.1. The monoisotopic (exact) mass is 357 g/mol. The number of anilines is 1. The summed E-state index contributed by atoms with van der Waals surface area (Å²) in [5.41, 5.74) is 1.17. The molecular weight excluding hydrogens is 337 g/mol. The van der Waals surface area contributed by atoms with Crippen molar-refractivity contribution < 1.29 is 18.7 Å². The van der Waals surface area contributed by atoms with Gasteiger partial charge in [0.05, 0.1) is 18.8 Å². The number of carbonyl (C=O) groups excluding carboxylic acids is 2.